The van der Waals surface area contributed by atoms with E-state index in [1.807, 2.05) is 19.0 Å². The maximum atomic E-state index is 12.6. The number of carboxylic acid groups (broad SMARTS) is 1. The molecule has 7 heteroatoms. The van der Waals surface area contributed by atoms with Crippen LogP contribution in [0.15, 0.2) is 0 Å². The molecule has 2 fully saturated rings. The fraction of sp³-hybridized carbons (Fsp3) is 0.857. The van der Waals surface area contributed by atoms with E-state index in [0.717, 1.165) is 19.4 Å². The zero-order valence-electron chi connectivity index (χ0n) is 13.0. The molecule has 0 aliphatic carbocycles. The number of carbonyl (C=O) groups is 2. The summed E-state index contributed by atoms with van der Waals surface area (Å²) in [4.78, 5) is 29.3. The quantitative estimate of drug-likeness (QED) is 0.804. The van der Waals surface area contributed by atoms with Gasteiger partial charge in [-0.2, -0.15) is 0 Å². The molecule has 2 saturated heterocycles. The van der Waals surface area contributed by atoms with Crippen molar-refractivity contribution < 1.29 is 19.4 Å². The smallest absolute Gasteiger partial charge is 0.320 e. The van der Waals surface area contributed by atoms with E-state index in [-0.39, 0.29) is 18.7 Å². The summed E-state index contributed by atoms with van der Waals surface area (Å²) in [6.45, 7) is 1.91. The number of ether oxygens (including phenoxy) is 1. The van der Waals surface area contributed by atoms with Crippen molar-refractivity contribution >= 4 is 12.0 Å². The topological polar surface area (TPSA) is 73.3 Å². The third-order valence-corrected chi connectivity index (χ3v) is 4.56. The number of likely N-dealkylation sites (tertiary alicyclic amines) is 1. The van der Waals surface area contributed by atoms with Crippen LogP contribution >= 0.6 is 0 Å². The number of carbonyl (C=O) groups excluding carboxylic acids is 1. The van der Waals surface area contributed by atoms with Crippen LogP contribution in [0.2, 0.25) is 0 Å². The molecular formula is C14H25N3O4. The summed E-state index contributed by atoms with van der Waals surface area (Å²) in [6, 6.07) is -0.107. The van der Waals surface area contributed by atoms with E-state index in [1.54, 1.807) is 11.9 Å². The minimum atomic E-state index is -0.901. The van der Waals surface area contributed by atoms with E-state index in [1.165, 1.54) is 0 Å². The van der Waals surface area contributed by atoms with Crippen LogP contribution in [-0.2, 0) is 9.53 Å². The number of amides is 2. The van der Waals surface area contributed by atoms with Gasteiger partial charge in [0, 0.05) is 26.2 Å². The molecule has 120 valence electrons. The summed E-state index contributed by atoms with van der Waals surface area (Å²) in [6.07, 6.45) is 2.07. The third-order valence-electron chi connectivity index (χ3n) is 4.56. The van der Waals surface area contributed by atoms with Gasteiger partial charge in [-0.25, -0.2) is 4.79 Å². The van der Waals surface area contributed by atoms with Crippen molar-refractivity contribution in [1.82, 2.24) is 14.7 Å². The molecule has 2 rings (SSSR count). The lowest BCUT2D eigenvalue weighted by molar-refractivity contribution is -0.142. The number of nitrogens with zero attached hydrogens (tertiary/aromatic N) is 3. The summed E-state index contributed by atoms with van der Waals surface area (Å²) in [7, 11) is 5.72. The average molecular weight is 299 g/mol. The van der Waals surface area contributed by atoms with Crippen LogP contribution in [0, 0.1) is 5.92 Å². The van der Waals surface area contributed by atoms with Gasteiger partial charge in [-0.1, -0.05) is 0 Å². The van der Waals surface area contributed by atoms with Crippen LogP contribution in [0.3, 0.4) is 0 Å². The molecule has 3 atom stereocenters. The van der Waals surface area contributed by atoms with E-state index in [4.69, 9.17) is 4.74 Å². The largest absolute Gasteiger partial charge is 0.481 e. The van der Waals surface area contributed by atoms with Crippen molar-refractivity contribution in [1.29, 1.82) is 0 Å². The minimum Gasteiger partial charge on any atom is -0.481 e. The number of urea groups is 1. The predicted molar refractivity (Wildman–Crippen MR) is 77.2 cm³/mol. The van der Waals surface area contributed by atoms with E-state index in [2.05, 4.69) is 4.90 Å². The number of hydrogen-bond acceptors (Lipinski definition) is 4. The van der Waals surface area contributed by atoms with E-state index in [0.29, 0.717) is 19.2 Å². The maximum Gasteiger partial charge on any atom is 0.320 e. The molecular weight excluding hydrogens is 274 g/mol. The molecule has 2 heterocycles. The molecule has 2 amide bonds. The first-order valence-corrected chi connectivity index (χ1v) is 7.40. The molecule has 0 saturated carbocycles. The van der Waals surface area contributed by atoms with Crippen molar-refractivity contribution in [2.45, 2.75) is 24.9 Å². The van der Waals surface area contributed by atoms with Crippen LogP contribution in [0.5, 0.6) is 0 Å². The van der Waals surface area contributed by atoms with Gasteiger partial charge in [-0.3, -0.25) is 4.79 Å². The molecule has 7 nitrogen and oxygen atoms in total. The Morgan fingerprint density at radius 3 is 2.57 bits per heavy atom. The van der Waals surface area contributed by atoms with Gasteiger partial charge in [0.15, 0.2) is 0 Å². The Bertz CT molecular complexity index is 402. The lowest BCUT2D eigenvalue weighted by atomic mass is 10.0. The monoisotopic (exact) mass is 299 g/mol. The zero-order chi connectivity index (χ0) is 15.6. The van der Waals surface area contributed by atoms with Crippen LogP contribution < -0.4 is 0 Å². The van der Waals surface area contributed by atoms with Gasteiger partial charge in [-0.05, 0) is 26.9 Å². The second kappa shape index (κ2) is 6.62. The lowest BCUT2D eigenvalue weighted by Gasteiger charge is -2.39. The average Bonchev–Trinajstić information content (AvgIpc) is 2.95. The van der Waals surface area contributed by atoms with E-state index < -0.39 is 11.9 Å². The second-order valence-corrected chi connectivity index (χ2v) is 6.15. The SMILES string of the molecule is CN(C)C1CCCN(C(=O)N(C)C2COCC2C(=O)O)C1. The molecule has 0 radical (unpaired) electrons. The van der Waals surface area contributed by atoms with Gasteiger partial charge < -0.3 is 24.5 Å². The van der Waals surface area contributed by atoms with Gasteiger partial charge in [0.25, 0.3) is 0 Å². The van der Waals surface area contributed by atoms with Gasteiger partial charge in [-0.15, -0.1) is 0 Å². The molecule has 0 bridgehead atoms. The molecule has 0 aromatic carbocycles. The summed E-state index contributed by atoms with van der Waals surface area (Å²) >= 11 is 0. The standard InChI is InChI=1S/C14H25N3O4/c1-15(2)10-5-4-6-17(7-10)14(20)16(3)12-9-21-8-11(12)13(18)19/h10-12H,4-9H2,1-3H3,(H,18,19). The number of rotatable bonds is 3. The van der Waals surface area contributed by atoms with Crippen LogP contribution in [0.1, 0.15) is 12.8 Å². The summed E-state index contributed by atoms with van der Waals surface area (Å²) in [5.74, 6) is -1.53. The molecule has 1 N–H and O–H groups in total. The zero-order valence-corrected chi connectivity index (χ0v) is 13.0. The van der Waals surface area contributed by atoms with Crippen LogP contribution in [0.25, 0.3) is 0 Å². The number of aliphatic carboxylic acids is 1. The summed E-state index contributed by atoms with van der Waals surface area (Å²) < 4.78 is 5.25. The van der Waals surface area contributed by atoms with Crippen LogP contribution in [-0.4, -0.2) is 91.3 Å². The highest BCUT2D eigenvalue weighted by Gasteiger charge is 2.40. The van der Waals surface area contributed by atoms with Crippen LogP contribution in [0.4, 0.5) is 4.79 Å². The molecule has 2 aliphatic heterocycles. The molecule has 0 aromatic heterocycles. The number of hydrogen-bond donors (Lipinski definition) is 1. The highest BCUT2D eigenvalue weighted by Crippen LogP contribution is 2.22. The highest BCUT2D eigenvalue weighted by atomic mass is 16.5. The van der Waals surface area contributed by atoms with Crippen molar-refractivity contribution in [2.75, 3.05) is 47.4 Å². The fourth-order valence-electron chi connectivity index (χ4n) is 3.08. The molecule has 3 unspecified atom stereocenters. The molecule has 2 aliphatic rings. The Hall–Kier alpha value is -1.34. The maximum absolute atomic E-state index is 12.6. The molecule has 0 aromatic rings. The predicted octanol–water partition coefficient (Wildman–Crippen LogP) is 0.164. The number of carboxylic acids is 1. The second-order valence-electron chi connectivity index (χ2n) is 6.15. The van der Waals surface area contributed by atoms with Gasteiger partial charge in [0.1, 0.15) is 5.92 Å². The van der Waals surface area contributed by atoms with Gasteiger partial charge in [0.05, 0.1) is 19.3 Å². The highest BCUT2D eigenvalue weighted by molar-refractivity contribution is 5.77. The first-order valence-electron chi connectivity index (χ1n) is 7.40. The first-order chi connectivity index (χ1) is 9.91. The van der Waals surface area contributed by atoms with Crippen molar-refractivity contribution in [2.24, 2.45) is 5.92 Å². The summed E-state index contributed by atoms with van der Waals surface area (Å²) in [5.41, 5.74) is 0. The fourth-order valence-corrected chi connectivity index (χ4v) is 3.08. The Morgan fingerprint density at radius 2 is 1.95 bits per heavy atom. The Labute approximate surface area is 125 Å². The third kappa shape index (κ3) is 3.47. The molecule has 0 spiro atoms. The van der Waals surface area contributed by atoms with Crippen molar-refractivity contribution in [3.8, 4) is 0 Å². The van der Waals surface area contributed by atoms with Gasteiger partial charge >= 0.3 is 12.0 Å². The normalized spacial score (nSPS) is 29.7. The molecule has 21 heavy (non-hydrogen) atoms. The first kappa shape index (κ1) is 16.0. The van der Waals surface area contributed by atoms with Gasteiger partial charge in [0.2, 0.25) is 0 Å². The number of piperidine rings is 1. The van der Waals surface area contributed by atoms with Crippen molar-refractivity contribution in [3.05, 3.63) is 0 Å². The van der Waals surface area contributed by atoms with E-state index in [9.17, 15) is 14.7 Å². The number of likely N-dealkylation sites (N-methyl/N-ethyl adjacent to an activating group) is 2. The Kier molecular flexibility index (Phi) is 5.05. The Morgan fingerprint density at radius 1 is 1.24 bits per heavy atom. The van der Waals surface area contributed by atoms with E-state index >= 15 is 0 Å². The minimum absolute atomic E-state index is 0.0942. The Balaban J connectivity index is 2.00. The van der Waals surface area contributed by atoms with Crippen molar-refractivity contribution in [3.63, 3.8) is 0 Å². The summed E-state index contributed by atoms with van der Waals surface area (Å²) in [5, 5.41) is 9.20. The lowest BCUT2D eigenvalue weighted by Crippen LogP contribution is -2.54.